The Morgan fingerprint density at radius 1 is 1.14 bits per heavy atom. The fraction of sp³-hybridized carbons (Fsp3) is 0.444. The van der Waals surface area contributed by atoms with Crippen molar-refractivity contribution in [1.29, 1.82) is 0 Å². The van der Waals surface area contributed by atoms with Gasteiger partial charge < -0.3 is 15.4 Å². The molecule has 0 aromatic heterocycles. The minimum atomic E-state index is -0.550. The molecule has 2 aromatic rings. The molecule has 2 N–H and O–H groups in total. The van der Waals surface area contributed by atoms with E-state index in [1.807, 2.05) is 26.0 Å². The fourth-order valence-electron chi connectivity index (χ4n) is 4.90. The second kappa shape index (κ2) is 11.0. The average Bonchev–Trinajstić information content (AvgIpc) is 3.22. The lowest BCUT2D eigenvalue weighted by Gasteiger charge is -2.27. The summed E-state index contributed by atoms with van der Waals surface area (Å²) in [6, 6.07) is 10.4. The van der Waals surface area contributed by atoms with E-state index < -0.39 is 12.2 Å². The lowest BCUT2D eigenvalue weighted by Crippen LogP contribution is -2.35. The summed E-state index contributed by atoms with van der Waals surface area (Å²) in [5.41, 5.74) is 3.70. The first-order chi connectivity index (χ1) is 16.8. The molecule has 1 atom stereocenters. The number of piperidine rings is 1. The van der Waals surface area contributed by atoms with Crippen LogP contribution in [0.5, 0.6) is 0 Å². The Morgan fingerprint density at radius 2 is 1.91 bits per heavy atom. The van der Waals surface area contributed by atoms with Crippen LogP contribution in [0.15, 0.2) is 36.4 Å². The number of ketones is 1. The smallest absolute Gasteiger partial charge is 0.414 e. The summed E-state index contributed by atoms with van der Waals surface area (Å²) in [7, 11) is 0. The van der Waals surface area contributed by atoms with Gasteiger partial charge in [0.2, 0.25) is 5.91 Å². The SMILES string of the molecule is Cc1ccc(C(=O)CCC(=O)NCC2CN(c3cccc(F)c3C3CCNCC3)C(=O)O2)c(C)c1. The van der Waals surface area contributed by atoms with Crippen molar-refractivity contribution >= 4 is 23.5 Å². The summed E-state index contributed by atoms with van der Waals surface area (Å²) >= 11 is 0. The van der Waals surface area contributed by atoms with Crippen LogP contribution in [-0.2, 0) is 9.53 Å². The topological polar surface area (TPSA) is 87.7 Å². The number of anilines is 1. The monoisotopic (exact) mass is 481 g/mol. The number of benzene rings is 2. The number of ether oxygens (including phenoxy) is 1. The van der Waals surface area contributed by atoms with E-state index in [0.717, 1.165) is 37.1 Å². The molecule has 2 aliphatic rings. The van der Waals surface area contributed by atoms with Crippen molar-refractivity contribution in [2.45, 2.75) is 51.6 Å². The van der Waals surface area contributed by atoms with Crippen LogP contribution >= 0.6 is 0 Å². The lowest BCUT2D eigenvalue weighted by atomic mass is 9.88. The summed E-state index contributed by atoms with van der Waals surface area (Å²) in [5.74, 6) is -0.632. The average molecular weight is 482 g/mol. The molecule has 7 nitrogen and oxygen atoms in total. The Hall–Kier alpha value is -3.26. The molecule has 0 saturated carbocycles. The zero-order valence-corrected chi connectivity index (χ0v) is 20.2. The number of amides is 2. The van der Waals surface area contributed by atoms with Gasteiger partial charge in [0.15, 0.2) is 5.78 Å². The number of nitrogens with zero attached hydrogens (tertiary/aromatic N) is 1. The number of hydrogen-bond donors (Lipinski definition) is 2. The van der Waals surface area contributed by atoms with Crippen LogP contribution in [0.2, 0.25) is 0 Å². The molecule has 0 spiro atoms. The van der Waals surface area contributed by atoms with E-state index in [1.54, 1.807) is 18.2 Å². The molecule has 35 heavy (non-hydrogen) atoms. The molecule has 2 aliphatic heterocycles. The maximum atomic E-state index is 14.8. The molecule has 2 saturated heterocycles. The van der Waals surface area contributed by atoms with Gasteiger partial charge in [0, 0.05) is 24.0 Å². The molecule has 0 radical (unpaired) electrons. The maximum Gasteiger partial charge on any atom is 0.414 e. The number of rotatable bonds is 8. The van der Waals surface area contributed by atoms with Crippen LogP contribution < -0.4 is 15.5 Å². The van der Waals surface area contributed by atoms with Crippen molar-refractivity contribution in [2.24, 2.45) is 0 Å². The number of aryl methyl sites for hydroxylation is 2. The summed E-state index contributed by atoms with van der Waals surface area (Å²) in [5, 5.41) is 6.04. The predicted octanol–water partition coefficient (Wildman–Crippen LogP) is 4.01. The van der Waals surface area contributed by atoms with E-state index in [-0.39, 0.29) is 49.4 Å². The number of carbonyl (C=O) groups excluding carboxylic acids is 3. The first-order valence-corrected chi connectivity index (χ1v) is 12.2. The highest BCUT2D eigenvalue weighted by atomic mass is 19.1. The molecule has 4 rings (SSSR count). The van der Waals surface area contributed by atoms with Gasteiger partial charge in [-0.2, -0.15) is 0 Å². The molecule has 2 amide bonds. The first-order valence-electron chi connectivity index (χ1n) is 12.2. The molecule has 2 aromatic carbocycles. The van der Waals surface area contributed by atoms with Crippen molar-refractivity contribution in [3.63, 3.8) is 0 Å². The molecule has 1 unspecified atom stereocenters. The summed E-state index contributed by atoms with van der Waals surface area (Å²) in [4.78, 5) is 38.9. The van der Waals surface area contributed by atoms with Gasteiger partial charge >= 0.3 is 6.09 Å². The highest BCUT2D eigenvalue weighted by molar-refractivity contribution is 5.99. The number of hydrogen-bond acceptors (Lipinski definition) is 5. The Kier molecular flexibility index (Phi) is 7.80. The van der Waals surface area contributed by atoms with E-state index in [0.29, 0.717) is 16.8 Å². The molecule has 2 fully saturated rings. The van der Waals surface area contributed by atoms with Gasteiger partial charge in [-0.3, -0.25) is 14.5 Å². The Morgan fingerprint density at radius 3 is 2.66 bits per heavy atom. The van der Waals surface area contributed by atoms with Gasteiger partial charge in [0.1, 0.15) is 11.9 Å². The zero-order chi connectivity index (χ0) is 24.9. The minimum absolute atomic E-state index is 0.0358. The van der Waals surface area contributed by atoms with E-state index in [1.165, 1.54) is 11.0 Å². The first kappa shape index (κ1) is 24.9. The van der Waals surface area contributed by atoms with Gasteiger partial charge in [0.25, 0.3) is 0 Å². The van der Waals surface area contributed by atoms with E-state index in [9.17, 15) is 18.8 Å². The van der Waals surface area contributed by atoms with Crippen LogP contribution in [-0.4, -0.2) is 50.1 Å². The van der Waals surface area contributed by atoms with Gasteiger partial charge in [0.05, 0.1) is 18.8 Å². The Labute approximate surface area is 205 Å². The van der Waals surface area contributed by atoms with Crippen molar-refractivity contribution in [2.75, 3.05) is 31.1 Å². The third-order valence-corrected chi connectivity index (χ3v) is 6.73. The molecule has 186 valence electrons. The van der Waals surface area contributed by atoms with Gasteiger partial charge in [-0.25, -0.2) is 9.18 Å². The summed E-state index contributed by atoms with van der Waals surface area (Å²) < 4.78 is 20.3. The Balaban J connectivity index is 1.32. The van der Waals surface area contributed by atoms with E-state index >= 15 is 0 Å². The number of nitrogens with one attached hydrogen (secondary N) is 2. The normalized spacial score (nSPS) is 18.4. The van der Waals surface area contributed by atoms with E-state index in [2.05, 4.69) is 10.6 Å². The van der Waals surface area contributed by atoms with E-state index in [4.69, 9.17) is 4.74 Å². The number of Topliss-reactive ketones (excluding diaryl/α,β-unsaturated/α-hetero) is 1. The van der Waals surface area contributed by atoms with Crippen LogP contribution in [0.1, 0.15) is 58.6 Å². The molecular weight excluding hydrogens is 449 g/mol. The minimum Gasteiger partial charge on any atom is -0.442 e. The second-order valence-corrected chi connectivity index (χ2v) is 9.36. The summed E-state index contributed by atoms with van der Waals surface area (Å²) in [6.07, 6.45) is 0.671. The second-order valence-electron chi connectivity index (χ2n) is 9.36. The fourth-order valence-corrected chi connectivity index (χ4v) is 4.90. The van der Waals surface area contributed by atoms with Crippen LogP contribution in [0.3, 0.4) is 0 Å². The quantitative estimate of drug-likeness (QED) is 0.556. The van der Waals surface area contributed by atoms with Gasteiger partial charge in [-0.1, -0.05) is 29.8 Å². The van der Waals surface area contributed by atoms with Crippen LogP contribution in [0.25, 0.3) is 0 Å². The van der Waals surface area contributed by atoms with Crippen molar-refractivity contribution in [1.82, 2.24) is 10.6 Å². The van der Waals surface area contributed by atoms with Crippen LogP contribution in [0.4, 0.5) is 14.9 Å². The van der Waals surface area contributed by atoms with Gasteiger partial charge in [-0.15, -0.1) is 0 Å². The third-order valence-electron chi connectivity index (χ3n) is 6.73. The molecule has 0 bridgehead atoms. The number of cyclic esters (lactones) is 1. The Bertz CT molecular complexity index is 1110. The summed E-state index contributed by atoms with van der Waals surface area (Å²) in [6.45, 7) is 5.83. The lowest BCUT2D eigenvalue weighted by molar-refractivity contribution is -0.121. The predicted molar refractivity (Wildman–Crippen MR) is 131 cm³/mol. The highest BCUT2D eigenvalue weighted by Gasteiger charge is 2.35. The van der Waals surface area contributed by atoms with Crippen molar-refractivity contribution in [3.05, 3.63) is 64.5 Å². The number of carbonyl (C=O) groups is 3. The zero-order valence-electron chi connectivity index (χ0n) is 20.2. The molecular formula is C27H32FN3O4. The third kappa shape index (κ3) is 5.88. The number of halogens is 1. The van der Waals surface area contributed by atoms with Gasteiger partial charge in [-0.05, 0) is 63.4 Å². The highest BCUT2D eigenvalue weighted by Crippen LogP contribution is 2.36. The largest absolute Gasteiger partial charge is 0.442 e. The van der Waals surface area contributed by atoms with Crippen molar-refractivity contribution < 1.29 is 23.5 Å². The molecule has 0 aliphatic carbocycles. The maximum absolute atomic E-state index is 14.8. The standard InChI is InChI=1S/C27H32FN3O4/c1-17-6-7-21(18(2)14-17)24(32)8-9-25(33)30-15-20-16-31(27(34)35-20)23-5-3-4-22(28)26(23)19-10-12-29-13-11-19/h3-7,14,19-20,29H,8-13,15-16H2,1-2H3,(H,30,33). The van der Waals surface area contributed by atoms with Crippen molar-refractivity contribution in [3.8, 4) is 0 Å². The van der Waals surface area contributed by atoms with Crippen LogP contribution in [0, 0.1) is 19.7 Å². The molecule has 2 heterocycles. The molecule has 8 heteroatoms.